The lowest BCUT2D eigenvalue weighted by molar-refractivity contribution is -0.114. The number of nitrogens with one attached hydrogen (secondary N) is 1. The summed E-state index contributed by atoms with van der Waals surface area (Å²) in [5.41, 5.74) is 1.17. The molecule has 6 nitrogen and oxygen atoms in total. The number of benzene rings is 1. The van der Waals surface area contributed by atoms with Gasteiger partial charge in [0.2, 0.25) is 11.7 Å². The monoisotopic (exact) mass is 400 g/mol. The minimum Gasteiger partial charge on any atom is -0.450 e. The third-order valence-electron chi connectivity index (χ3n) is 3.59. The van der Waals surface area contributed by atoms with Gasteiger partial charge in [-0.05, 0) is 42.6 Å². The minimum absolute atomic E-state index is 0.184. The molecular formula is C19H16N2O4S2. The van der Waals surface area contributed by atoms with Gasteiger partial charge in [-0.1, -0.05) is 6.07 Å². The molecular weight excluding hydrogens is 384 g/mol. The molecule has 1 atom stereocenters. The Labute approximate surface area is 163 Å². The predicted octanol–water partition coefficient (Wildman–Crippen LogP) is 4.26. The van der Waals surface area contributed by atoms with Gasteiger partial charge in [-0.25, -0.2) is 9.78 Å². The van der Waals surface area contributed by atoms with E-state index in [1.807, 2.05) is 17.5 Å². The molecule has 0 saturated heterocycles. The van der Waals surface area contributed by atoms with E-state index in [-0.39, 0.29) is 17.4 Å². The second kappa shape index (κ2) is 8.24. The number of hydrogen-bond donors (Lipinski definition) is 1. The normalized spacial score (nSPS) is 11.6. The number of aromatic nitrogens is 1. The van der Waals surface area contributed by atoms with Crippen molar-refractivity contribution in [2.45, 2.75) is 20.0 Å². The minimum atomic E-state index is -0.948. The number of thiazole rings is 1. The lowest BCUT2D eigenvalue weighted by Crippen LogP contribution is -2.24. The Kier molecular flexibility index (Phi) is 5.78. The standard InChI is InChI=1S/C19H16N2O4S2/c1-11(17(23)13-5-7-14(8-6-13)20-12(2)22)25-19(24)15-10-27-18(21-15)16-4-3-9-26-16/h3-11H,1-2H3,(H,20,22)/t11-/m0/s1. The van der Waals surface area contributed by atoms with Gasteiger partial charge in [0.05, 0.1) is 4.88 Å². The Morgan fingerprint density at radius 3 is 2.48 bits per heavy atom. The summed E-state index contributed by atoms with van der Waals surface area (Å²) in [6, 6.07) is 10.2. The van der Waals surface area contributed by atoms with Crippen LogP contribution in [-0.2, 0) is 9.53 Å². The largest absolute Gasteiger partial charge is 0.450 e. The topological polar surface area (TPSA) is 85.4 Å². The lowest BCUT2D eigenvalue weighted by Gasteiger charge is -2.12. The van der Waals surface area contributed by atoms with E-state index in [0.29, 0.717) is 11.3 Å². The molecule has 27 heavy (non-hydrogen) atoms. The van der Waals surface area contributed by atoms with Gasteiger partial charge in [-0.3, -0.25) is 9.59 Å². The van der Waals surface area contributed by atoms with E-state index >= 15 is 0 Å². The average Bonchev–Trinajstić information content (AvgIpc) is 3.32. The zero-order chi connectivity index (χ0) is 19.4. The van der Waals surface area contributed by atoms with E-state index < -0.39 is 12.1 Å². The number of hydrogen-bond acceptors (Lipinski definition) is 7. The molecule has 0 aliphatic rings. The van der Waals surface area contributed by atoms with E-state index in [2.05, 4.69) is 10.3 Å². The molecule has 138 valence electrons. The summed E-state index contributed by atoms with van der Waals surface area (Å²) >= 11 is 2.89. The summed E-state index contributed by atoms with van der Waals surface area (Å²) < 4.78 is 5.27. The van der Waals surface area contributed by atoms with Crippen LogP contribution in [0.4, 0.5) is 5.69 Å². The van der Waals surface area contributed by atoms with E-state index in [0.717, 1.165) is 9.88 Å². The van der Waals surface area contributed by atoms with Crippen molar-refractivity contribution in [2.24, 2.45) is 0 Å². The Morgan fingerprint density at radius 2 is 1.85 bits per heavy atom. The SMILES string of the molecule is CC(=O)Nc1ccc(C(=O)[C@H](C)OC(=O)c2csc(-c3cccs3)n2)cc1. The number of thiophene rings is 1. The highest BCUT2D eigenvalue weighted by molar-refractivity contribution is 7.20. The highest BCUT2D eigenvalue weighted by Gasteiger charge is 2.22. The third-order valence-corrected chi connectivity index (χ3v) is 5.47. The molecule has 0 aliphatic heterocycles. The van der Waals surface area contributed by atoms with Crippen molar-refractivity contribution >= 4 is 46.0 Å². The van der Waals surface area contributed by atoms with E-state index in [1.165, 1.54) is 36.5 Å². The van der Waals surface area contributed by atoms with Crippen LogP contribution in [0.5, 0.6) is 0 Å². The van der Waals surface area contributed by atoms with E-state index in [9.17, 15) is 14.4 Å². The Balaban J connectivity index is 1.64. The van der Waals surface area contributed by atoms with Gasteiger partial charge in [0.1, 0.15) is 5.01 Å². The molecule has 0 unspecified atom stereocenters. The first-order valence-electron chi connectivity index (χ1n) is 8.06. The molecule has 0 aliphatic carbocycles. The van der Waals surface area contributed by atoms with Crippen LogP contribution in [0.2, 0.25) is 0 Å². The molecule has 0 bridgehead atoms. The number of amides is 1. The van der Waals surface area contributed by atoms with E-state index in [1.54, 1.807) is 29.6 Å². The molecule has 3 aromatic rings. The first-order valence-corrected chi connectivity index (χ1v) is 9.82. The number of ketones is 1. The number of Topliss-reactive ketones (excluding diaryl/α,β-unsaturated/α-hetero) is 1. The molecule has 0 radical (unpaired) electrons. The molecule has 0 fully saturated rings. The number of rotatable bonds is 6. The van der Waals surface area contributed by atoms with Crippen LogP contribution in [0.1, 0.15) is 34.7 Å². The summed E-state index contributed by atoms with van der Waals surface area (Å²) in [6.45, 7) is 2.93. The number of esters is 1. The van der Waals surface area contributed by atoms with Gasteiger partial charge < -0.3 is 10.1 Å². The van der Waals surface area contributed by atoms with Crippen molar-refractivity contribution in [1.29, 1.82) is 0 Å². The molecule has 1 N–H and O–H groups in total. The predicted molar refractivity (Wildman–Crippen MR) is 105 cm³/mol. The second-order valence-electron chi connectivity index (χ2n) is 5.69. The van der Waals surface area contributed by atoms with Crippen LogP contribution in [0.15, 0.2) is 47.2 Å². The van der Waals surface area contributed by atoms with Gasteiger partial charge in [0, 0.05) is 23.6 Å². The molecule has 1 aromatic carbocycles. The summed E-state index contributed by atoms with van der Waals surface area (Å²) in [4.78, 5) is 41.0. The van der Waals surface area contributed by atoms with Crippen molar-refractivity contribution in [2.75, 3.05) is 5.32 Å². The van der Waals surface area contributed by atoms with Gasteiger partial charge in [0.15, 0.2) is 11.8 Å². The first kappa shape index (κ1) is 18.9. The van der Waals surface area contributed by atoms with Gasteiger partial charge in [-0.15, -0.1) is 22.7 Å². The highest BCUT2D eigenvalue weighted by atomic mass is 32.1. The fourth-order valence-electron chi connectivity index (χ4n) is 2.31. The highest BCUT2D eigenvalue weighted by Crippen LogP contribution is 2.28. The maximum absolute atomic E-state index is 12.5. The summed E-state index contributed by atoms with van der Waals surface area (Å²) in [5.74, 6) is -1.15. The fraction of sp³-hybridized carbons (Fsp3) is 0.158. The number of ether oxygens (including phenoxy) is 1. The number of carbonyl (C=O) groups excluding carboxylic acids is 3. The molecule has 1 amide bonds. The summed E-state index contributed by atoms with van der Waals surface area (Å²) in [5, 5.41) is 6.93. The van der Waals surface area contributed by atoms with Crippen LogP contribution in [0.25, 0.3) is 9.88 Å². The average molecular weight is 400 g/mol. The number of anilines is 1. The number of carbonyl (C=O) groups is 3. The molecule has 8 heteroatoms. The van der Waals surface area contributed by atoms with Crippen molar-refractivity contribution < 1.29 is 19.1 Å². The smallest absolute Gasteiger partial charge is 0.358 e. The molecule has 3 rings (SSSR count). The molecule has 2 heterocycles. The van der Waals surface area contributed by atoms with Crippen molar-refractivity contribution in [3.8, 4) is 9.88 Å². The molecule has 2 aromatic heterocycles. The van der Waals surface area contributed by atoms with Crippen molar-refractivity contribution in [3.63, 3.8) is 0 Å². The van der Waals surface area contributed by atoms with Crippen molar-refractivity contribution in [1.82, 2.24) is 4.98 Å². The third kappa shape index (κ3) is 4.66. The number of nitrogens with zero attached hydrogens (tertiary/aromatic N) is 1. The summed E-state index contributed by atoms with van der Waals surface area (Å²) in [7, 11) is 0. The molecule has 0 saturated carbocycles. The zero-order valence-corrected chi connectivity index (χ0v) is 16.2. The summed E-state index contributed by atoms with van der Waals surface area (Å²) in [6.07, 6.45) is -0.948. The van der Waals surface area contributed by atoms with Gasteiger partial charge in [0.25, 0.3) is 0 Å². The fourth-order valence-corrected chi connectivity index (χ4v) is 3.91. The van der Waals surface area contributed by atoms with Crippen LogP contribution >= 0.6 is 22.7 Å². The maximum Gasteiger partial charge on any atom is 0.358 e. The van der Waals surface area contributed by atoms with Crippen molar-refractivity contribution in [3.05, 3.63) is 58.4 Å². The Morgan fingerprint density at radius 1 is 1.11 bits per heavy atom. The van der Waals surface area contributed by atoms with Crippen LogP contribution in [0.3, 0.4) is 0 Å². The quantitative estimate of drug-likeness (QED) is 0.494. The molecule has 0 spiro atoms. The maximum atomic E-state index is 12.5. The lowest BCUT2D eigenvalue weighted by atomic mass is 10.1. The van der Waals surface area contributed by atoms with Crippen LogP contribution in [-0.4, -0.2) is 28.7 Å². The van der Waals surface area contributed by atoms with Crippen LogP contribution in [0, 0.1) is 0 Å². The van der Waals surface area contributed by atoms with Crippen LogP contribution < -0.4 is 5.32 Å². The Hall–Kier alpha value is -2.84. The Bertz CT molecular complexity index is 962. The second-order valence-corrected chi connectivity index (χ2v) is 7.49. The zero-order valence-electron chi connectivity index (χ0n) is 14.6. The van der Waals surface area contributed by atoms with Gasteiger partial charge >= 0.3 is 5.97 Å². The first-order chi connectivity index (χ1) is 12.9. The van der Waals surface area contributed by atoms with E-state index in [4.69, 9.17) is 4.74 Å². The van der Waals surface area contributed by atoms with Gasteiger partial charge in [-0.2, -0.15) is 0 Å².